The third kappa shape index (κ3) is 4.46. The van der Waals surface area contributed by atoms with Crippen LogP contribution in [0.2, 0.25) is 0 Å². The molecule has 3 aromatic carbocycles. The number of hydrogen-bond acceptors (Lipinski definition) is 3. The van der Waals surface area contributed by atoms with E-state index >= 15 is 0 Å². The van der Waals surface area contributed by atoms with E-state index in [0.717, 1.165) is 26.9 Å². The number of benzene rings is 3. The van der Waals surface area contributed by atoms with Gasteiger partial charge in [-0.05, 0) is 41.5 Å². The molecule has 0 bridgehead atoms. The van der Waals surface area contributed by atoms with Crippen LogP contribution in [0.15, 0.2) is 72.8 Å². The molecule has 3 rings (SSSR count). The Morgan fingerprint density at radius 3 is 2.26 bits per heavy atom. The van der Waals surface area contributed by atoms with E-state index in [2.05, 4.69) is 5.32 Å². The van der Waals surface area contributed by atoms with Crippen molar-refractivity contribution in [3.8, 4) is 0 Å². The van der Waals surface area contributed by atoms with Crippen molar-refractivity contribution < 1.29 is 13.2 Å². The Hall–Kier alpha value is -2.86. The summed E-state index contributed by atoms with van der Waals surface area (Å²) in [6, 6.07) is 21.8. The molecule has 0 aliphatic carbocycles. The summed E-state index contributed by atoms with van der Waals surface area (Å²) in [4.78, 5) is 12.6. The van der Waals surface area contributed by atoms with Gasteiger partial charge < -0.3 is 5.32 Å². The lowest BCUT2D eigenvalue weighted by Gasteiger charge is -2.28. The zero-order valence-electron chi connectivity index (χ0n) is 15.3. The van der Waals surface area contributed by atoms with Crippen molar-refractivity contribution in [1.82, 2.24) is 5.32 Å². The third-order valence-electron chi connectivity index (χ3n) is 4.38. The SMILES string of the molecule is C[C@@H](C(=O)NCc1ccc2ccccc2c1)N(c1ccccc1)S(C)(=O)=O. The average Bonchev–Trinajstić information content (AvgIpc) is 2.65. The second-order valence-electron chi connectivity index (χ2n) is 6.47. The number of fused-ring (bicyclic) bond motifs is 1. The Morgan fingerprint density at radius 1 is 0.963 bits per heavy atom. The molecule has 0 spiro atoms. The van der Waals surface area contributed by atoms with E-state index in [1.54, 1.807) is 37.3 Å². The largest absolute Gasteiger partial charge is 0.350 e. The second kappa shape index (κ2) is 7.80. The van der Waals surface area contributed by atoms with Gasteiger partial charge in [-0.1, -0.05) is 54.6 Å². The van der Waals surface area contributed by atoms with E-state index in [4.69, 9.17) is 0 Å². The van der Waals surface area contributed by atoms with Gasteiger partial charge in [0, 0.05) is 6.54 Å². The van der Waals surface area contributed by atoms with Crippen molar-refractivity contribution in [2.45, 2.75) is 19.5 Å². The smallest absolute Gasteiger partial charge is 0.243 e. The van der Waals surface area contributed by atoms with Crippen LogP contribution in [0.1, 0.15) is 12.5 Å². The molecule has 5 nitrogen and oxygen atoms in total. The van der Waals surface area contributed by atoms with Crippen LogP contribution in [0.4, 0.5) is 5.69 Å². The molecule has 0 aliphatic rings. The van der Waals surface area contributed by atoms with Gasteiger partial charge >= 0.3 is 0 Å². The van der Waals surface area contributed by atoms with Crippen LogP contribution >= 0.6 is 0 Å². The minimum atomic E-state index is -3.60. The summed E-state index contributed by atoms with van der Waals surface area (Å²) >= 11 is 0. The maximum absolute atomic E-state index is 12.6. The van der Waals surface area contributed by atoms with Gasteiger partial charge in [-0.15, -0.1) is 0 Å². The fourth-order valence-electron chi connectivity index (χ4n) is 3.07. The number of carbonyl (C=O) groups is 1. The van der Waals surface area contributed by atoms with Gasteiger partial charge in [-0.3, -0.25) is 9.10 Å². The Kier molecular flexibility index (Phi) is 5.46. The molecule has 27 heavy (non-hydrogen) atoms. The Labute approximate surface area is 159 Å². The highest BCUT2D eigenvalue weighted by atomic mass is 32.2. The van der Waals surface area contributed by atoms with Gasteiger partial charge in [0.15, 0.2) is 0 Å². The molecule has 0 heterocycles. The molecule has 0 saturated carbocycles. The zero-order valence-corrected chi connectivity index (χ0v) is 16.1. The van der Waals surface area contributed by atoms with Crippen molar-refractivity contribution in [3.05, 3.63) is 78.4 Å². The van der Waals surface area contributed by atoms with Crippen LogP contribution in [0.3, 0.4) is 0 Å². The minimum absolute atomic E-state index is 0.334. The highest BCUT2D eigenvalue weighted by Gasteiger charge is 2.28. The lowest BCUT2D eigenvalue weighted by Crippen LogP contribution is -2.47. The number of anilines is 1. The summed E-state index contributed by atoms with van der Waals surface area (Å²) in [7, 11) is -3.60. The first-order chi connectivity index (χ1) is 12.9. The van der Waals surface area contributed by atoms with Gasteiger partial charge in [-0.25, -0.2) is 8.42 Å². The average molecular weight is 382 g/mol. The predicted octanol–water partition coefficient (Wildman–Crippen LogP) is 3.31. The molecule has 1 amide bonds. The number of carbonyl (C=O) groups excluding carboxylic acids is 1. The van der Waals surface area contributed by atoms with Crippen molar-refractivity contribution in [2.24, 2.45) is 0 Å². The number of rotatable bonds is 6. The monoisotopic (exact) mass is 382 g/mol. The first-order valence-electron chi connectivity index (χ1n) is 8.66. The molecule has 0 unspecified atom stereocenters. The number of nitrogens with zero attached hydrogens (tertiary/aromatic N) is 1. The number of sulfonamides is 1. The molecule has 0 fully saturated rings. The van der Waals surface area contributed by atoms with E-state index in [1.807, 2.05) is 42.5 Å². The van der Waals surface area contributed by atoms with E-state index in [1.165, 1.54) is 0 Å². The van der Waals surface area contributed by atoms with Crippen LogP contribution < -0.4 is 9.62 Å². The maximum atomic E-state index is 12.6. The summed E-state index contributed by atoms with van der Waals surface area (Å²) in [6.45, 7) is 1.92. The topological polar surface area (TPSA) is 66.5 Å². The highest BCUT2D eigenvalue weighted by Crippen LogP contribution is 2.20. The van der Waals surface area contributed by atoms with Gasteiger partial charge in [0.2, 0.25) is 15.9 Å². The first-order valence-corrected chi connectivity index (χ1v) is 10.5. The summed E-state index contributed by atoms with van der Waals surface area (Å²) < 4.78 is 25.6. The van der Waals surface area contributed by atoms with Crippen molar-refractivity contribution >= 4 is 32.4 Å². The molecule has 0 aromatic heterocycles. The summed E-state index contributed by atoms with van der Waals surface area (Å²) in [6.07, 6.45) is 1.10. The normalized spacial score (nSPS) is 12.5. The van der Waals surface area contributed by atoms with Crippen molar-refractivity contribution in [1.29, 1.82) is 0 Å². The number of nitrogens with one attached hydrogen (secondary N) is 1. The van der Waals surface area contributed by atoms with Gasteiger partial charge in [0.25, 0.3) is 0 Å². The fraction of sp³-hybridized carbons (Fsp3) is 0.190. The first kappa shape index (κ1) is 18.9. The minimum Gasteiger partial charge on any atom is -0.350 e. The van der Waals surface area contributed by atoms with E-state index in [9.17, 15) is 13.2 Å². The number of hydrogen-bond donors (Lipinski definition) is 1. The molecule has 1 atom stereocenters. The standard InChI is InChI=1S/C21H22N2O3S/c1-16(23(27(2,25)26)20-10-4-3-5-11-20)21(24)22-15-17-12-13-18-8-6-7-9-19(18)14-17/h3-14,16H,15H2,1-2H3,(H,22,24)/t16-/m0/s1. The number of amides is 1. The number of para-hydroxylation sites is 1. The van der Waals surface area contributed by atoms with E-state index in [0.29, 0.717) is 12.2 Å². The van der Waals surface area contributed by atoms with E-state index in [-0.39, 0.29) is 5.91 Å². The molecule has 6 heteroatoms. The molecule has 0 radical (unpaired) electrons. The summed E-state index contributed by atoms with van der Waals surface area (Å²) in [5, 5.41) is 5.07. The Balaban J connectivity index is 1.75. The lowest BCUT2D eigenvalue weighted by atomic mass is 10.1. The fourth-order valence-corrected chi connectivity index (χ4v) is 4.24. The molecule has 140 valence electrons. The van der Waals surface area contributed by atoms with Crippen LogP contribution in [-0.2, 0) is 21.4 Å². The highest BCUT2D eigenvalue weighted by molar-refractivity contribution is 7.92. The van der Waals surface area contributed by atoms with Gasteiger partial charge in [0.1, 0.15) is 6.04 Å². The summed E-state index contributed by atoms with van der Waals surface area (Å²) in [5.41, 5.74) is 1.42. The van der Waals surface area contributed by atoms with Crippen molar-refractivity contribution in [2.75, 3.05) is 10.6 Å². The Bertz CT molecular complexity index is 1050. The molecular formula is C21H22N2O3S. The predicted molar refractivity (Wildman–Crippen MR) is 109 cm³/mol. The second-order valence-corrected chi connectivity index (χ2v) is 8.33. The quantitative estimate of drug-likeness (QED) is 0.711. The van der Waals surface area contributed by atoms with Crippen LogP contribution in [0.25, 0.3) is 10.8 Å². The molecule has 3 aromatic rings. The summed E-state index contributed by atoms with van der Waals surface area (Å²) in [5.74, 6) is -0.350. The molecule has 0 saturated heterocycles. The van der Waals surface area contributed by atoms with Crippen LogP contribution in [0, 0.1) is 0 Å². The maximum Gasteiger partial charge on any atom is 0.243 e. The Morgan fingerprint density at radius 2 is 1.59 bits per heavy atom. The third-order valence-corrected chi connectivity index (χ3v) is 5.62. The van der Waals surface area contributed by atoms with E-state index < -0.39 is 16.1 Å². The molecule has 1 N–H and O–H groups in total. The van der Waals surface area contributed by atoms with Gasteiger partial charge in [0.05, 0.1) is 11.9 Å². The van der Waals surface area contributed by atoms with Crippen molar-refractivity contribution in [3.63, 3.8) is 0 Å². The van der Waals surface area contributed by atoms with Crippen LogP contribution in [0.5, 0.6) is 0 Å². The lowest BCUT2D eigenvalue weighted by molar-refractivity contribution is -0.122. The molecule has 0 aliphatic heterocycles. The van der Waals surface area contributed by atoms with Gasteiger partial charge in [-0.2, -0.15) is 0 Å². The zero-order chi connectivity index (χ0) is 19.4. The molecular weight excluding hydrogens is 360 g/mol. The van der Waals surface area contributed by atoms with Crippen LogP contribution in [-0.4, -0.2) is 26.6 Å².